The SMILES string of the molecule is CC(=O)c1ccc(N2CCN(C(=O)NCc3cnn(C)c3)CC2)c(F)c1. The Labute approximate surface area is 151 Å². The lowest BCUT2D eigenvalue weighted by molar-refractivity contribution is 0.101. The molecule has 8 heteroatoms. The molecule has 0 aliphatic carbocycles. The summed E-state index contributed by atoms with van der Waals surface area (Å²) in [7, 11) is 1.83. The van der Waals surface area contributed by atoms with Gasteiger partial charge in [0.25, 0.3) is 0 Å². The van der Waals surface area contributed by atoms with Crippen LogP contribution >= 0.6 is 0 Å². The Morgan fingerprint density at radius 1 is 1.23 bits per heavy atom. The van der Waals surface area contributed by atoms with Gasteiger partial charge in [-0.3, -0.25) is 9.48 Å². The first-order valence-corrected chi connectivity index (χ1v) is 8.50. The highest BCUT2D eigenvalue weighted by Gasteiger charge is 2.23. The quantitative estimate of drug-likeness (QED) is 0.845. The fraction of sp³-hybridized carbons (Fsp3) is 0.389. The molecule has 7 nitrogen and oxygen atoms in total. The molecule has 1 aliphatic heterocycles. The number of amides is 2. The summed E-state index contributed by atoms with van der Waals surface area (Å²) in [5.74, 6) is -0.572. The van der Waals surface area contributed by atoms with Crippen LogP contribution in [0.25, 0.3) is 0 Å². The van der Waals surface area contributed by atoms with Gasteiger partial charge < -0.3 is 15.1 Å². The topological polar surface area (TPSA) is 70.5 Å². The highest BCUT2D eigenvalue weighted by molar-refractivity contribution is 5.94. The predicted molar refractivity (Wildman–Crippen MR) is 95.6 cm³/mol. The third-order valence-corrected chi connectivity index (χ3v) is 4.46. The second kappa shape index (κ2) is 7.55. The lowest BCUT2D eigenvalue weighted by atomic mass is 10.1. The van der Waals surface area contributed by atoms with Crippen molar-refractivity contribution in [1.29, 1.82) is 0 Å². The average molecular weight is 359 g/mol. The van der Waals surface area contributed by atoms with Crippen LogP contribution in [0.15, 0.2) is 30.6 Å². The summed E-state index contributed by atoms with van der Waals surface area (Å²) >= 11 is 0. The van der Waals surface area contributed by atoms with E-state index in [2.05, 4.69) is 10.4 Å². The van der Waals surface area contributed by atoms with Gasteiger partial charge in [0.2, 0.25) is 0 Å². The molecule has 0 spiro atoms. The highest BCUT2D eigenvalue weighted by atomic mass is 19.1. The van der Waals surface area contributed by atoms with E-state index >= 15 is 0 Å². The van der Waals surface area contributed by atoms with Crippen LogP contribution in [0.4, 0.5) is 14.9 Å². The van der Waals surface area contributed by atoms with E-state index in [1.54, 1.807) is 27.9 Å². The highest BCUT2D eigenvalue weighted by Crippen LogP contribution is 2.22. The molecule has 2 amide bonds. The van der Waals surface area contributed by atoms with E-state index in [0.29, 0.717) is 44.0 Å². The smallest absolute Gasteiger partial charge is 0.317 e. The number of nitrogens with zero attached hydrogens (tertiary/aromatic N) is 4. The number of nitrogens with one attached hydrogen (secondary N) is 1. The fourth-order valence-corrected chi connectivity index (χ4v) is 2.99. The first-order valence-electron chi connectivity index (χ1n) is 8.50. The van der Waals surface area contributed by atoms with Crippen LogP contribution in [-0.4, -0.2) is 52.7 Å². The normalized spacial score (nSPS) is 14.4. The number of halogens is 1. The van der Waals surface area contributed by atoms with Crippen molar-refractivity contribution < 1.29 is 14.0 Å². The Hall–Kier alpha value is -2.90. The number of urea groups is 1. The number of carbonyl (C=O) groups excluding carboxylic acids is 2. The van der Waals surface area contributed by atoms with Gasteiger partial charge in [-0.05, 0) is 25.1 Å². The molecule has 1 aliphatic rings. The molecule has 0 radical (unpaired) electrons. The molecule has 2 heterocycles. The number of Topliss-reactive ketones (excluding diaryl/α,β-unsaturated/α-hetero) is 1. The van der Waals surface area contributed by atoms with Crippen LogP contribution in [0.2, 0.25) is 0 Å². The maximum atomic E-state index is 14.3. The Balaban J connectivity index is 1.53. The van der Waals surface area contributed by atoms with E-state index in [4.69, 9.17) is 0 Å². The lowest BCUT2D eigenvalue weighted by Gasteiger charge is -2.36. The largest absolute Gasteiger partial charge is 0.366 e. The maximum Gasteiger partial charge on any atom is 0.317 e. The van der Waals surface area contributed by atoms with Gasteiger partial charge >= 0.3 is 6.03 Å². The number of hydrogen-bond acceptors (Lipinski definition) is 4. The van der Waals surface area contributed by atoms with Gasteiger partial charge in [-0.1, -0.05) is 0 Å². The third kappa shape index (κ3) is 4.01. The molecule has 0 unspecified atom stereocenters. The second-order valence-electron chi connectivity index (χ2n) is 6.38. The minimum absolute atomic E-state index is 0.138. The number of rotatable bonds is 4. The van der Waals surface area contributed by atoms with Crippen molar-refractivity contribution in [3.8, 4) is 0 Å². The summed E-state index contributed by atoms with van der Waals surface area (Å²) in [6, 6.07) is 4.39. The maximum absolute atomic E-state index is 14.3. The zero-order chi connectivity index (χ0) is 18.7. The summed E-state index contributed by atoms with van der Waals surface area (Å²) in [6.07, 6.45) is 3.57. The third-order valence-electron chi connectivity index (χ3n) is 4.46. The van der Waals surface area contributed by atoms with Crippen LogP contribution in [0.1, 0.15) is 22.8 Å². The molecule has 1 saturated heterocycles. The molecule has 26 heavy (non-hydrogen) atoms. The number of benzene rings is 1. The molecule has 1 aromatic heterocycles. The van der Waals surface area contributed by atoms with Crippen molar-refractivity contribution in [3.05, 3.63) is 47.5 Å². The number of piperazine rings is 1. The van der Waals surface area contributed by atoms with Gasteiger partial charge in [0.05, 0.1) is 11.9 Å². The van der Waals surface area contributed by atoms with Crippen LogP contribution in [-0.2, 0) is 13.6 Å². The average Bonchev–Trinajstić information content (AvgIpc) is 3.05. The number of hydrogen-bond donors (Lipinski definition) is 1. The number of ketones is 1. The van der Waals surface area contributed by atoms with Gasteiger partial charge in [0, 0.05) is 57.1 Å². The number of anilines is 1. The molecular formula is C18H22FN5O2. The fourth-order valence-electron chi connectivity index (χ4n) is 2.99. The monoisotopic (exact) mass is 359 g/mol. The zero-order valence-corrected chi connectivity index (χ0v) is 14.9. The second-order valence-corrected chi connectivity index (χ2v) is 6.38. The first-order chi connectivity index (χ1) is 12.4. The number of aryl methyl sites for hydroxylation is 1. The Kier molecular flexibility index (Phi) is 5.20. The Morgan fingerprint density at radius 2 is 1.96 bits per heavy atom. The molecule has 1 fully saturated rings. The lowest BCUT2D eigenvalue weighted by Crippen LogP contribution is -2.51. The molecule has 2 aromatic rings. The summed E-state index contributed by atoms with van der Waals surface area (Å²) in [5.41, 5.74) is 1.76. The summed E-state index contributed by atoms with van der Waals surface area (Å²) in [4.78, 5) is 27.2. The van der Waals surface area contributed by atoms with E-state index in [-0.39, 0.29) is 11.8 Å². The Morgan fingerprint density at radius 3 is 2.54 bits per heavy atom. The molecule has 138 valence electrons. The number of aromatic nitrogens is 2. The van der Waals surface area contributed by atoms with Crippen LogP contribution in [0, 0.1) is 5.82 Å². The molecule has 3 rings (SSSR count). The van der Waals surface area contributed by atoms with Crippen LogP contribution < -0.4 is 10.2 Å². The van der Waals surface area contributed by atoms with Gasteiger partial charge in [-0.2, -0.15) is 5.10 Å². The van der Waals surface area contributed by atoms with Gasteiger partial charge in [0.15, 0.2) is 5.78 Å². The molecule has 1 N–H and O–H groups in total. The van der Waals surface area contributed by atoms with Crippen molar-refractivity contribution in [2.75, 3.05) is 31.1 Å². The van der Waals surface area contributed by atoms with E-state index < -0.39 is 5.82 Å². The van der Waals surface area contributed by atoms with Crippen molar-refractivity contribution in [3.63, 3.8) is 0 Å². The van der Waals surface area contributed by atoms with Crippen LogP contribution in [0.3, 0.4) is 0 Å². The van der Waals surface area contributed by atoms with Gasteiger partial charge in [-0.15, -0.1) is 0 Å². The summed E-state index contributed by atoms with van der Waals surface area (Å²) < 4.78 is 16.0. The van der Waals surface area contributed by atoms with E-state index in [1.807, 2.05) is 18.1 Å². The van der Waals surface area contributed by atoms with E-state index in [1.165, 1.54) is 13.0 Å². The summed E-state index contributed by atoms with van der Waals surface area (Å²) in [6.45, 7) is 3.93. The molecule has 1 aromatic carbocycles. The molecular weight excluding hydrogens is 337 g/mol. The van der Waals surface area contributed by atoms with Crippen molar-refractivity contribution in [2.45, 2.75) is 13.5 Å². The van der Waals surface area contributed by atoms with Crippen molar-refractivity contribution >= 4 is 17.5 Å². The standard InChI is InChI=1S/C18H22FN5O2/c1-13(25)15-3-4-17(16(19)9-15)23-5-7-24(8-6-23)18(26)20-10-14-11-21-22(2)12-14/h3-4,9,11-12H,5-8,10H2,1-2H3,(H,20,26). The zero-order valence-electron chi connectivity index (χ0n) is 14.9. The van der Waals surface area contributed by atoms with Gasteiger partial charge in [-0.25, -0.2) is 9.18 Å². The predicted octanol–water partition coefficient (Wildman–Crippen LogP) is 1.79. The number of carbonyl (C=O) groups is 2. The van der Waals surface area contributed by atoms with Crippen LogP contribution in [0.5, 0.6) is 0 Å². The Bertz CT molecular complexity index is 812. The summed E-state index contributed by atoms with van der Waals surface area (Å²) in [5, 5.41) is 6.94. The van der Waals surface area contributed by atoms with Crippen molar-refractivity contribution in [2.24, 2.45) is 7.05 Å². The van der Waals surface area contributed by atoms with E-state index in [0.717, 1.165) is 5.56 Å². The molecule has 0 atom stereocenters. The first kappa shape index (κ1) is 17.9. The van der Waals surface area contributed by atoms with E-state index in [9.17, 15) is 14.0 Å². The molecule has 0 bridgehead atoms. The minimum Gasteiger partial charge on any atom is -0.366 e. The minimum atomic E-state index is -0.410. The van der Waals surface area contributed by atoms with Gasteiger partial charge in [0.1, 0.15) is 5.82 Å². The molecule has 0 saturated carbocycles. The van der Waals surface area contributed by atoms with Crippen molar-refractivity contribution in [1.82, 2.24) is 20.0 Å².